The van der Waals surface area contributed by atoms with Crippen molar-refractivity contribution < 1.29 is 4.42 Å². The fourth-order valence-electron chi connectivity index (χ4n) is 2.10. The van der Waals surface area contributed by atoms with Gasteiger partial charge in [-0.3, -0.25) is 4.98 Å². The molecule has 3 nitrogen and oxygen atoms in total. The molecule has 1 unspecified atom stereocenters. The number of nitrogens with one attached hydrogen (secondary N) is 1. The van der Waals surface area contributed by atoms with E-state index in [1.54, 1.807) is 12.5 Å². The van der Waals surface area contributed by atoms with Crippen molar-refractivity contribution >= 4 is 15.9 Å². The van der Waals surface area contributed by atoms with Crippen LogP contribution in [0.3, 0.4) is 0 Å². The van der Waals surface area contributed by atoms with E-state index in [1.807, 2.05) is 19.2 Å². The Morgan fingerprint density at radius 3 is 2.89 bits per heavy atom. The monoisotopic (exact) mass is 308 g/mol. The maximum absolute atomic E-state index is 5.39. The minimum atomic E-state index is 0.268. The largest absolute Gasteiger partial charge is 0.469 e. The number of nitrogens with zero attached hydrogens (tertiary/aromatic N) is 1. The quantitative estimate of drug-likeness (QED) is 0.916. The summed E-state index contributed by atoms with van der Waals surface area (Å²) in [7, 11) is 0. The first-order chi connectivity index (χ1) is 8.70. The van der Waals surface area contributed by atoms with Crippen molar-refractivity contribution in [3.8, 4) is 0 Å². The molecule has 0 aliphatic carbocycles. The van der Waals surface area contributed by atoms with Crippen LogP contribution in [0.1, 0.15) is 29.9 Å². The van der Waals surface area contributed by atoms with Gasteiger partial charge in [0.15, 0.2) is 0 Å². The van der Waals surface area contributed by atoms with E-state index >= 15 is 0 Å². The predicted octanol–water partition coefficient (Wildman–Crippen LogP) is 3.64. The highest BCUT2D eigenvalue weighted by atomic mass is 79.9. The van der Waals surface area contributed by atoms with Gasteiger partial charge >= 0.3 is 0 Å². The van der Waals surface area contributed by atoms with Crippen LogP contribution in [0.4, 0.5) is 0 Å². The zero-order chi connectivity index (χ0) is 13.0. The van der Waals surface area contributed by atoms with E-state index in [9.17, 15) is 0 Å². The lowest BCUT2D eigenvalue weighted by molar-refractivity contribution is 0.501. The minimum absolute atomic E-state index is 0.268. The summed E-state index contributed by atoms with van der Waals surface area (Å²) in [5.41, 5.74) is 2.42. The lowest BCUT2D eigenvalue weighted by atomic mass is 10.0. The number of likely N-dealkylation sites (N-methyl/N-ethyl adjacent to an activating group) is 1. The van der Waals surface area contributed by atoms with Gasteiger partial charge < -0.3 is 9.73 Å². The molecule has 2 aromatic heterocycles. The number of halogens is 1. The molecule has 1 N–H and O–H groups in total. The molecular weight excluding hydrogens is 292 g/mol. The standard InChI is InChI=1S/C14H17BrN2O/c1-3-17-14(13-4-5-18-10(13)2)7-11-6-12(15)9-16-8-11/h4-6,8-9,14,17H,3,7H2,1-2H3. The van der Waals surface area contributed by atoms with E-state index < -0.39 is 0 Å². The summed E-state index contributed by atoms with van der Waals surface area (Å²) in [6.07, 6.45) is 6.36. The summed E-state index contributed by atoms with van der Waals surface area (Å²) in [5, 5.41) is 3.49. The number of hydrogen-bond acceptors (Lipinski definition) is 3. The lowest BCUT2D eigenvalue weighted by Gasteiger charge is -2.17. The SMILES string of the molecule is CCNC(Cc1cncc(Br)c1)c1ccoc1C. The molecular formula is C14H17BrN2O. The molecule has 0 spiro atoms. The van der Waals surface area contributed by atoms with Crippen molar-refractivity contribution in [1.29, 1.82) is 0 Å². The third-order valence-corrected chi connectivity index (χ3v) is 3.36. The van der Waals surface area contributed by atoms with Crippen LogP contribution in [0.15, 0.2) is 39.7 Å². The van der Waals surface area contributed by atoms with Gasteiger partial charge in [0.1, 0.15) is 5.76 Å². The molecule has 96 valence electrons. The molecule has 0 aliphatic rings. The highest BCUT2D eigenvalue weighted by Gasteiger charge is 2.15. The average Bonchev–Trinajstić information content (AvgIpc) is 2.75. The molecule has 2 rings (SSSR count). The molecule has 18 heavy (non-hydrogen) atoms. The maximum Gasteiger partial charge on any atom is 0.105 e. The summed E-state index contributed by atoms with van der Waals surface area (Å²) in [4.78, 5) is 4.20. The summed E-state index contributed by atoms with van der Waals surface area (Å²) >= 11 is 3.45. The molecule has 0 saturated carbocycles. The van der Waals surface area contributed by atoms with Gasteiger partial charge in [-0.25, -0.2) is 0 Å². The minimum Gasteiger partial charge on any atom is -0.469 e. The smallest absolute Gasteiger partial charge is 0.105 e. The Hall–Kier alpha value is -1.13. The van der Waals surface area contributed by atoms with Gasteiger partial charge in [0.05, 0.1) is 6.26 Å². The molecule has 0 saturated heterocycles. The maximum atomic E-state index is 5.39. The molecule has 0 bridgehead atoms. The molecule has 0 fully saturated rings. The van der Waals surface area contributed by atoms with Crippen LogP contribution >= 0.6 is 15.9 Å². The van der Waals surface area contributed by atoms with E-state index in [4.69, 9.17) is 4.42 Å². The molecule has 0 aromatic carbocycles. The van der Waals surface area contributed by atoms with Crippen LogP contribution in [-0.4, -0.2) is 11.5 Å². The van der Waals surface area contributed by atoms with E-state index in [2.05, 4.69) is 39.2 Å². The van der Waals surface area contributed by atoms with Crippen molar-refractivity contribution in [3.63, 3.8) is 0 Å². The van der Waals surface area contributed by atoms with Crippen LogP contribution < -0.4 is 5.32 Å². The third kappa shape index (κ3) is 3.21. The van der Waals surface area contributed by atoms with Crippen molar-refractivity contribution in [1.82, 2.24) is 10.3 Å². The van der Waals surface area contributed by atoms with Crippen molar-refractivity contribution in [2.24, 2.45) is 0 Å². The average molecular weight is 309 g/mol. The first kappa shape index (κ1) is 13.3. The van der Waals surface area contributed by atoms with Gasteiger partial charge in [-0.15, -0.1) is 0 Å². The topological polar surface area (TPSA) is 38.1 Å². The van der Waals surface area contributed by atoms with E-state index in [-0.39, 0.29) is 6.04 Å². The number of pyridine rings is 1. The Morgan fingerprint density at radius 1 is 1.44 bits per heavy atom. The number of furan rings is 1. The molecule has 0 amide bonds. The fraction of sp³-hybridized carbons (Fsp3) is 0.357. The van der Waals surface area contributed by atoms with E-state index in [0.717, 1.165) is 23.2 Å². The van der Waals surface area contributed by atoms with Gasteiger partial charge in [-0.2, -0.15) is 0 Å². The van der Waals surface area contributed by atoms with Crippen LogP contribution in [0.25, 0.3) is 0 Å². The molecule has 4 heteroatoms. The Bertz CT molecular complexity index is 510. The fourth-order valence-corrected chi connectivity index (χ4v) is 2.51. The summed E-state index contributed by atoms with van der Waals surface area (Å²) in [5.74, 6) is 0.976. The van der Waals surface area contributed by atoms with Gasteiger partial charge in [-0.05, 0) is 53.5 Å². The predicted molar refractivity (Wildman–Crippen MR) is 75.5 cm³/mol. The molecule has 0 aliphatic heterocycles. The number of aryl methyl sites for hydroxylation is 1. The normalized spacial score (nSPS) is 12.6. The Morgan fingerprint density at radius 2 is 2.28 bits per heavy atom. The van der Waals surface area contributed by atoms with Gasteiger partial charge in [0.2, 0.25) is 0 Å². The van der Waals surface area contributed by atoms with Crippen molar-refractivity contribution in [2.45, 2.75) is 26.3 Å². The van der Waals surface area contributed by atoms with Gasteiger partial charge in [0, 0.05) is 28.5 Å². The Labute approximate surface area is 116 Å². The number of rotatable bonds is 5. The second-order valence-electron chi connectivity index (χ2n) is 4.26. The van der Waals surface area contributed by atoms with Crippen LogP contribution in [0.5, 0.6) is 0 Å². The summed E-state index contributed by atoms with van der Waals surface area (Å²) in [6, 6.07) is 4.41. The molecule has 0 radical (unpaired) electrons. The molecule has 2 aromatic rings. The molecule has 2 heterocycles. The first-order valence-electron chi connectivity index (χ1n) is 6.07. The zero-order valence-corrected chi connectivity index (χ0v) is 12.2. The number of hydrogen-bond donors (Lipinski definition) is 1. The van der Waals surface area contributed by atoms with Crippen LogP contribution in [0, 0.1) is 6.92 Å². The number of aromatic nitrogens is 1. The summed E-state index contributed by atoms with van der Waals surface area (Å²) < 4.78 is 6.40. The zero-order valence-electron chi connectivity index (χ0n) is 10.6. The Balaban J connectivity index is 2.19. The van der Waals surface area contributed by atoms with Crippen molar-refractivity contribution in [2.75, 3.05) is 6.54 Å². The van der Waals surface area contributed by atoms with Crippen LogP contribution in [-0.2, 0) is 6.42 Å². The molecule has 1 atom stereocenters. The summed E-state index contributed by atoms with van der Waals surface area (Å²) in [6.45, 7) is 5.04. The third-order valence-electron chi connectivity index (χ3n) is 2.93. The highest BCUT2D eigenvalue weighted by molar-refractivity contribution is 9.10. The van der Waals surface area contributed by atoms with E-state index in [0.29, 0.717) is 0 Å². The first-order valence-corrected chi connectivity index (χ1v) is 6.86. The van der Waals surface area contributed by atoms with E-state index in [1.165, 1.54) is 11.1 Å². The second-order valence-corrected chi connectivity index (χ2v) is 5.17. The Kier molecular flexibility index (Phi) is 4.55. The second kappa shape index (κ2) is 6.16. The van der Waals surface area contributed by atoms with Gasteiger partial charge in [-0.1, -0.05) is 6.92 Å². The lowest BCUT2D eigenvalue weighted by Crippen LogP contribution is -2.23. The van der Waals surface area contributed by atoms with Crippen LogP contribution in [0.2, 0.25) is 0 Å². The van der Waals surface area contributed by atoms with Crippen molar-refractivity contribution in [3.05, 3.63) is 52.1 Å². The van der Waals surface area contributed by atoms with Gasteiger partial charge in [0.25, 0.3) is 0 Å². The highest BCUT2D eigenvalue weighted by Crippen LogP contribution is 2.23.